The summed E-state index contributed by atoms with van der Waals surface area (Å²) in [4.78, 5) is 22.7. The van der Waals surface area contributed by atoms with Crippen LogP contribution < -0.4 is 10.6 Å². The molecule has 0 aliphatic heterocycles. The first-order valence-electron chi connectivity index (χ1n) is 5.98. The monoisotopic (exact) mass is 284 g/mol. The zero-order valence-electron chi connectivity index (χ0n) is 10.8. The van der Waals surface area contributed by atoms with Gasteiger partial charge in [-0.2, -0.15) is 0 Å². The maximum Gasteiger partial charge on any atom is 0.270 e. The largest absolute Gasteiger partial charge is 0.397 e. The van der Waals surface area contributed by atoms with Crippen molar-refractivity contribution in [3.63, 3.8) is 0 Å². The molecule has 1 amide bonds. The van der Waals surface area contributed by atoms with E-state index in [1.165, 1.54) is 11.3 Å². The summed E-state index contributed by atoms with van der Waals surface area (Å²) in [7, 11) is 1.71. The van der Waals surface area contributed by atoms with E-state index >= 15 is 0 Å². The minimum atomic E-state index is -0.142. The molecule has 0 aromatic carbocycles. The lowest BCUT2D eigenvalue weighted by molar-refractivity contribution is 0.0997. The Morgan fingerprint density at radius 1 is 1.25 bits per heavy atom. The highest BCUT2D eigenvalue weighted by molar-refractivity contribution is 7.21. The number of rotatable bonds is 2. The molecule has 3 aromatic rings. The van der Waals surface area contributed by atoms with Crippen LogP contribution in [-0.4, -0.2) is 22.9 Å². The average molecular weight is 284 g/mol. The van der Waals surface area contributed by atoms with Crippen molar-refractivity contribution in [1.82, 2.24) is 9.97 Å². The predicted molar refractivity (Wildman–Crippen MR) is 81.0 cm³/mol. The van der Waals surface area contributed by atoms with Crippen LogP contribution in [0.25, 0.3) is 10.1 Å². The highest BCUT2D eigenvalue weighted by Gasteiger charge is 2.20. The van der Waals surface area contributed by atoms with E-state index in [9.17, 15) is 4.79 Å². The molecule has 0 atom stereocenters. The van der Waals surface area contributed by atoms with Crippen molar-refractivity contribution in [3.05, 3.63) is 47.9 Å². The Balaban J connectivity index is 2.03. The summed E-state index contributed by atoms with van der Waals surface area (Å²) in [6, 6.07) is 5.44. The molecule has 0 radical (unpaired) electrons. The molecule has 0 fully saturated rings. The second kappa shape index (κ2) is 4.90. The maximum absolute atomic E-state index is 12.5. The van der Waals surface area contributed by atoms with Gasteiger partial charge in [0.25, 0.3) is 5.91 Å². The minimum Gasteiger partial charge on any atom is -0.397 e. The molecule has 20 heavy (non-hydrogen) atoms. The van der Waals surface area contributed by atoms with Crippen molar-refractivity contribution in [3.8, 4) is 0 Å². The lowest BCUT2D eigenvalue weighted by atomic mass is 10.2. The van der Waals surface area contributed by atoms with Gasteiger partial charge >= 0.3 is 0 Å². The minimum absolute atomic E-state index is 0.142. The number of fused-ring (bicyclic) bond motifs is 1. The number of pyridine rings is 2. The fourth-order valence-corrected chi connectivity index (χ4v) is 3.02. The van der Waals surface area contributed by atoms with E-state index in [1.54, 1.807) is 42.8 Å². The zero-order chi connectivity index (χ0) is 14.1. The van der Waals surface area contributed by atoms with Crippen LogP contribution in [0.1, 0.15) is 9.67 Å². The van der Waals surface area contributed by atoms with Gasteiger partial charge in [0, 0.05) is 31.0 Å². The van der Waals surface area contributed by atoms with Crippen LogP contribution in [0.15, 0.2) is 43.0 Å². The summed E-state index contributed by atoms with van der Waals surface area (Å²) in [5.74, 6) is -0.142. The van der Waals surface area contributed by atoms with Gasteiger partial charge in [0.1, 0.15) is 4.88 Å². The van der Waals surface area contributed by atoms with Crippen LogP contribution in [0, 0.1) is 0 Å². The molecule has 6 heteroatoms. The number of nitrogens with two attached hydrogens (primary N) is 1. The first-order valence-corrected chi connectivity index (χ1v) is 6.80. The number of carbonyl (C=O) groups is 1. The smallest absolute Gasteiger partial charge is 0.270 e. The van der Waals surface area contributed by atoms with Gasteiger partial charge in [0.05, 0.1) is 22.3 Å². The second-order valence-electron chi connectivity index (χ2n) is 4.29. The van der Waals surface area contributed by atoms with E-state index < -0.39 is 0 Å². The summed E-state index contributed by atoms with van der Waals surface area (Å²) < 4.78 is 0.910. The molecule has 2 N–H and O–H groups in total. The Labute approximate surface area is 119 Å². The second-order valence-corrected chi connectivity index (χ2v) is 5.34. The predicted octanol–water partition coefficient (Wildman–Crippen LogP) is 2.55. The Morgan fingerprint density at radius 3 is 2.75 bits per heavy atom. The van der Waals surface area contributed by atoms with Gasteiger partial charge in [-0.25, -0.2) is 0 Å². The Bertz CT molecular complexity index is 769. The number of amides is 1. The Hall–Kier alpha value is -2.47. The number of thiophene rings is 1. The van der Waals surface area contributed by atoms with E-state index in [4.69, 9.17) is 5.73 Å². The molecular formula is C14H12N4OS. The van der Waals surface area contributed by atoms with E-state index in [1.807, 2.05) is 12.1 Å². The van der Waals surface area contributed by atoms with Gasteiger partial charge < -0.3 is 10.6 Å². The topological polar surface area (TPSA) is 72.1 Å². The van der Waals surface area contributed by atoms with Crippen molar-refractivity contribution in [2.45, 2.75) is 0 Å². The van der Waals surface area contributed by atoms with Crippen molar-refractivity contribution in [2.24, 2.45) is 0 Å². The Morgan fingerprint density at radius 2 is 2.05 bits per heavy atom. The fraction of sp³-hybridized carbons (Fsp3) is 0.0714. The molecule has 3 rings (SSSR count). The van der Waals surface area contributed by atoms with E-state index in [0.29, 0.717) is 10.6 Å². The van der Waals surface area contributed by atoms with Crippen LogP contribution in [-0.2, 0) is 0 Å². The standard InChI is InChI=1S/C14H12N4OS/c1-18(9-3-2-5-16-7-9)14(19)13-12(15)10-4-6-17-8-11(10)20-13/h2-8H,15H2,1H3. The van der Waals surface area contributed by atoms with E-state index in [0.717, 1.165) is 15.8 Å². The molecule has 0 saturated heterocycles. The van der Waals surface area contributed by atoms with Gasteiger partial charge in [0.2, 0.25) is 0 Å². The summed E-state index contributed by atoms with van der Waals surface area (Å²) in [6.07, 6.45) is 6.70. The number of carbonyl (C=O) groups excluding carboxylic acids is 1. The van der Waals surface area contributed by atoms with Gasteiger partial charge in [-0.1, -0.05) is 0 Å². The number of aromatic nitrogens is 2. The third-order valence-corrected chi connectivity index (χ3v) is 4.21. The fourth-order valence-electron chi connectivity index (χ4n) is 1.95. The summed E-state index contributed by atoms with van der Waals surface area (Å²) in [5, 5.41) is 0.868. The van der Waals surface area contributed by atoms with Crippen LogP contribution in [0.5, 0.6) is 0 Å². The van der Waals surface area contributed by atoms with Crippen molar-refractivity contribution >= 4 is 38.7 Å². The third-order valence-electron chi connectivity index (χ3n) is 3.06. The van der Waals surface area contributed by atoms with Gasteiger partial charge in [0.15, 0.2) is 0 Å². The van der Waals surface area contributed by atoms with Crippen LogP contribution >= 0.6 is 11.3 Å². The van der Waals surface area contributed by atoms with Crippen molar-refractivity contribution < 1.29 is 4.79 Å². The van der Waals surface area contributed by atoms with Gasteiger partial charge in [-0.3, -0.25) is 14.8 Å². The molecular weight excluding hydrogens is 272 g/mol. The molecule has 3 aromatic heterocycles. The molecule has 0 aliphatic rings. The van der Waals surface area contributed by atoms with Crippen molar-refractivity contribution in [2.75, 3.05) is 17.7 Å². The van der Waals surface area contributed by atoms with Gasteiger partial charge in [-0.15, -0.1) is 11.3 Å². The first-order chi connectivity index (χ1) is 9.68. The average Bonchev–Trinajstić information content (AvgIpc) is 2.84. The molecule has 0 aliphatic carbocycles. The van der Waals surface area contributed by atoms with Crippen LogP contribution in [0.4, 0.5) is 11.4 Å². The zero-order valence-corrected chi connectivity index (χ0v) is 11.6. The van der Waals surface area contributed by atoms with Crippen LogP contribution in [0.2, 0.25) is 0 Å². The molecule has 0 saturated carbocycles. The lowest BCUT2D eigenvalue weighted by Gasteiger charge is -2.16. The summed E-state index contributed by atoms with van der Waals surface area (Å²) >= 11 is 1.36. The Kier molecular flexibility index (Phi) is 3.08. The third kappa shape index (κ3) is 2.00. The highest BCUT2D eigenvalue weighted by Crippen LogP contribution is 2.34. The SMILES string of the molecule is CN(C(=O)c1sc2cnccc2c1N)c1cccnc1. The number of nitrogens with zero attached hydrogens (tertiary/aromatic N) is 3. The normalized spacial score (nSPS) is 10.7. The molecule has 100 valence electrons. The lowest BCUT2D eigenvalue weighted by Crippen LogP contribution is -2.26. The molecule has 0 bridgehead atoms. The number of hydrogen-bond acceptors (Lipinski definition) is 5. The number of nitrogen functional groups attached to an aromatic ring is 1. The summed E-state index contributed by atoms with van der Waals surface area (Å²) in [5.41, 5.74) is 7.31. The first kappa shape index (κ1) is 12.6. The molecule has 0 spiro atoms. The quantitative estimate of drug-likeness (QED) is 0.785. The molecule has 3 heterocycles. The highest BCUT2D eigenvalue weighted by atomic mass is 32.1. The van der Waals surface area contributed by atoms with Crippen molar-refractivity contribution in [1.29, 1.82) is 0 Å². The maximum atomic E-state index is 12.5. The van der Waals surface area contributed by atoms with E-state index in [-0.39, 0.29) is 5.91 Å². The van der Waals surface area contributed by atoms with Gasteiger partial charge in [-0.05, 0) is 18.2 Å². The van der Waals surface area contributed by atoms with Crippen LogP contribution in [0.3, 0.4) is 0 Å². The number of hydrogen-bond donors (Lipinski definition) is 1. The van der Waals surface area contributed by atoms with E-state index in [2.05, 4.69) is 9.97 Å². The number of anilines is 2. The molecule has 5 nitrogen and oxygen atoms in total. The molecule has 0 unspecified atom stereocenters. The summed E-state index contributed by atoms with van der Waals surface area (Å²) in [6.45, 7) is 0.